The second-order valence-corrected chi connectivity index (χ2v) is 9.81. The second kappa shape index (κ2) is 10.2. The van der Waals surface area contributed by atoms with Crippen LogP contribution in [-0.4, -0.2) is 48.4 Å². The zero-order chi connectivity index (χ0) is 19.9. The third-order valence-electron chi connectivity index (χ3n) is 5.34. The van der Waals surface area contributed by atoms with E-state index in [-0.39, 0.29) is 31.0 Å². The van der Waals surface area contributed by atoms with Gasteiger partial charge in [0.2, 0.25) is 15.9 Å². The molecule has 0 N–H and O–H groups in total. The number of rotatable bonds is 8. The van der Waals surface area contributed by atoms with E-state index in [0.29, 0.717) is 6.54 Å². The fourth-order valence-electron chi connectivity index (χ4n) is 3.85. The summed E-state index contributed by atoms with van der Waals surface area (Å²) in [6.07, 6.45) is 7.78. The quantitative estimate of drug-likeness (QED) is 0.630. The molecule has 1 aliphatic carbocycles. The van der Waals surface area contributed by atoms with Crippen LogP contribution in [0.1, 0.15) is 64.4 Å². The molecule has 0 spiro atoms. The van der Waals surface area contributed by atoms with Crippen LogP contribution in [-0.2, 0) is 21.4 Å². The normalized spacial score (nSPS) is 16.5. The van der Waals surface area contributed by atoms with E-state index in [1.165, 1.54) is 19.1 Å². The Balaban J connectivity index is 2.03. The molecule has 1 aliphatic rings. The molecule has 1 aromatic carbocycles. The Morgan fingerprint density at radius 3 is 2.19 bits per heavy atom. The van der Waals surface area contributed by atoms with Gasteiger partial charge in [-0.15, -0.1) is 0 Å². The first kappa shape index (κ1) is 21.9. The van der Waals surface area contributed by atoms with Crippen molar-refractivity contribution in [3.8, 4) is 0 Å². The SMILES string of the molecule is CC(C)N(Cc1ccccc1)C(=O)CCN(C1CCCCCC1)S(C)(=O)=O. The van der Waals surface area contributed by atoms with Gasteiger partial charge in [-0.1, -0.05) is 56.0 Å². The predicted octanol–water partition coefficient (Wildman–Crippen LogP) is 3.80. The van der Waals surface area contributed by atoms with E-state index in [2.05, 4.69) is 0 Å². The highest BCUT2D eigenvalue weighted by atomic mass is 32.2. The lowest BCUT2D eigenvalue weighted by molar-refractivity contribution is -0.133. The van der Waals surface area contributed by atoms with E-state index in [1.807, 2.05) is 49.1 Å². The lowest BCUT2D eigenvalue weighted by atomic mass is 10.1. The Hall–Kier alpha value is -1.40. The first-order valence-electron chi connectivity index (χ1n) is 10.1. The van der Waals surface area contributed by atoms with Crippen molar-refractivity contribution >= 4 is 15.9 Å². The molecule has 6 heteroatoms. The first-order chi connectivity index (χ1) is 12.8. The molecular formula is C21H34N2O3S. The molecule has 1 amide bonds. The molecule has 0 bridgehead atoms. The summed E-state index contributed by atoms with van der Waals surface area (Å²) < 4.78 is 26.3. The van der Waals surface area contributed by atoms with Gasteiger partial charge in [0, 0.05) is 31.6 Å². The summed E-state index contributed by atoms with van der Waals surface area (Å²) >= 11 is 0. The largest absolute Gasteiger partial charge is 0.336 e. The van der Waals surface area contributed by atoms with Gasteiger partial charge in [-0.2, -0.15) is 4.31 Å². The predicted molar refractivity (Wildman–Crippen MR) is 110 cm³/mol. The van der Waals surface area contributed by atoms with Crippen molar-refractivity contribution in [3.63, 3.8) is 0 Å². The fraction of sp³-hybridized carbons (Fsp3) is 0.667. The molecule has 0 saturated heterocycles. The van der Waals surface area contributed by atoms with Crippen molar-refractivity contribution < 1.29 is 13.2 Å². The van der Waals surface area contributed by atoms with E-state index >= 15 is 0 Å². The number of sulfonamides is 1. The van der Waals surface area contributed by atoms with Gasteiger partial charge < -0.3 is 4.90 Å². The molecular weight excluding hydrogens is 360 g/mol. The van der Waals surface area contributed by atoms with Gasteiger partial charge >= 0.3 is 0 Å². The number of carbonyl (C=O) groups excluding carboxylic acids is 1. The van der Waals surface area contributed by atoms with Gasteiger partial charge in [-0.3, -0.25) is 4.79 Å². The minimum atomic E-state index is -3.32. The summed E-state index contributed by atoms with van der Waals surface area (Å²) in [5.74, 6) is 0.0103. The smallest absolute Gasteiger partial charge is 0.224 e. The average Bonchev–Trinajstić information content (AvgIpc) is 2.88. The van der Waals surface area contributed by atoms with Crippen molar-refractivity contribution in [1.82, 2.24) is 9.21 Å². The molecule has 5 nitrogen and oxygen atoms in total. The minimum absolute atomic E-state index is 0.0103. The Bertz CT molecular complexity index is 681. The highest BCUT2D eigenvalue weighted by Gasteiger charge is 2.28. The van der Waals surface area contributed by atoms with Crippen LogP contribution in [0.4, 0.5) is 0 Å². The number of hydrogen-bond donors (Lipinski definition) is 0. The summed E-state index contributed by atoms with van der Waals surface area (Å²) in [6, 6.07) is 10.0. The lowest BCUT2D eigenvalue weighted by Gasteiger charge is -2.31. The van der Waals surface area contributed by atoms with Gasteiger partial charge in [0.25, 0.3) is 0 Å². The molecule has 1 saturated carbocycles. The molecule has 0 radical (unpaired) electrons. The third-order valence-corrected chi connectivity index (χ3v) is 6.68. The number of nitrogens with zero attached hydrogens (tertiary/aromatic N) is 2. The van der Waals surface area contributed by atoms with Crippen molar-refractivity contribution in [2.75, 3.05) is 12.8 Å². The molecule has 0 atom stereocenters. The van der Waals surface area contributed by atoms with E-state index < -0.39 is 10.0 Å². The molecule has 0 aliphatic heterocycles. The lowest BCUT2D eigenvalue weighted by Crippen LogP contribution is -2.43. The van der Waals surface area contributed by atoms with Gasteiger partial charge in [-0.05, 0) is 32.3 Å². The van der Waals surface area contributed by atoms with Gasteiger partial charge in [-0.25, -0.2) is 8.42 Å². The first-order valence-corrected chi connectivity index (χ1v) is 11.9. The van der Waals surface area contributed by atoms with Gasteiger partial charge in [0.1, 0.15) is 0 Å². The van der Waals surface area contributed by atoms with Crippen LogP contribution in [0.5, 0.6) is 0 Å². The number of benzene rings is 1. The summed E-state index contributed by atoms with van der Waals surface area (Å²) in [5, 5.41) is 0. The number of carbonyl (C=O) groups is 1. The summed E-state index contributed by atoms with van der Waals surface area (Å²) in [7, 11) is -3.32. The molecule has 0 aromatic heterocycles. The van der Waals surface area contributed by atoms with E-state index in [4.69, 9.17) is 0 Å². The summed E-state index contributed by atoms with van der Waals surface area (Å²) in [6.45, 7) is 4.83. The third kappa shape index (κ3) is 6.92. The van der Waals surface area contributed by atoms with Crippen LogP contribution in [0, 0.1) is 0 Å². The van der Waals surface area contributed by atoms with Gasteiger partial charge in [0.15, 0.2) is 0 Å². The Morgan fingerprint density at radius 1 is 1.07 bits per heavy atom. The fourth-order valence-corrected chi connectivity index (χ4v) is 5.03. The molecule has 1 aromatic rings. The zero-order valence-corrected chi connectivity index (χ0v) is 17.7. The highest BCUT2D eigenvalue weighted by molar-refractivity contribution is 7.88. The highest BCUT2D eigenvalue weighted by Crippen LogP contribution is 2.24. The van der Waals surface area contributed by atoms with Crippen molar-refractivity contribution in [2.24, 2.45) is 0 Å². The maximum Gasteiger partial charge on any atom is 0.224 e. The molecule has 2 rings (SSSR count). The topological polar surface area (TPSA) is 57.7 Å². The minimum Gasteiger partial charge on any atom is -0.336 e. The average molecular weight is 395 g/mol. The summed E-state index contributed by atoms with van der Waals surface area (Å²) in [4.78, 5) is 14.7. The Labute approximate surface area is 164 Å². The number of amides is 1. The Morgan fingerprint density at radius 2 is 1.67 bits per heavy atom. The van der Waals surface area contributed by atoms with Crippen molar-refractivity contribution in [3.05, 3.63) is 35.9 Å². The van der Waals surface area contributed by atoms with Crippen LogP contribution in [0.15, 0.2) is 30.3 Å². The number of hydrogen-bond acceptors (Lipinski definition) is 3. The molecule has 0 heterocycles. The zero-order valence-electron chi connectivity index (χ0n) is 16.9. The molecule has 152 valence electrons. The maximum absolute atomic E-state index is 12.9. The Kier molecular flexibility index (Phi) is 8.29. The molecule has 27 heavy (non-hydrogen) atoms. The summed E-state index contributed by atoms with van der Waals surface area (Å²) in [5.41, 5.74) is 1.09. The molecule has 1 fully saturated rings. The van der Waals surface area contributed by atoms with Crippen LogP contribution in [0.2, 0.25) is 0 Å². The van der Waals surface area contributed by atoms with Gasteiger partial charge in [0.05, 0.1) is 6.26 Å². The second-order valence-electron chi connectivity index (χ2n) is 7.87. The van der Waals surface area contributed by atoms with E-state index in [1.54, 1.807) is 4.31 Å². The van der Waals surface area contributed by atoms with Crippen LogP contribution in [0.3, 0.4) is 0 Å². The molecule has 0 unspecified atom stereocenters. The monoisotopic (exact) mass is 394 g/mol. The van der Waals surface area contributed by atoms with Crippen molar-refractivity contribution in [1.29, 1.82) is 0 Å². The van der Waals surface area contributed by atoms with Crippen LogP contribution < -0.4 is 0 Å². The van der Waals surface area contributed by atoms with Crippen LogP contribution >= 0.6 is 0 Å². The maximum atomic E-state index is 12.9. The van der Waals surface area contributed by atoms with E-state index in [9.17, 15) is 13.2 Å². The van der Waals surface area contributed by atoms with Crippen molar-refractivity contribution in [2.45, 2.75) is 77.4 Å². The van der Waals surface area contributed by atoms with E-state index in [0.717, 1.165) is 31.2 Å². The van der Waals surface area contributed by atoms with Crippen LogP contribution in [0.25, 0.3) is 0 Å². The standard InChI is InChI=1S/C21H34N2O3S/c1-18(2)22(17-19-11-7-6-8-12-19)21(24)15-16-23(27(3,25)26)20-13-9-4-5-10-14-20/h6-8,11-12,18,20H,4-5,9-10,13-17H2,1-3H3.